The third kappa shape index (κ3) is 5.03. The van der Waals surface area contributed by atoms with Gasteiger partial charge in [-0.1, -0.05) is 66.7 Å². The highest BCUT2D eigenvalue weighted by atomic mass is 16.5. The van der Waals surface area contributed by atoms with Gasteiger partial charge in [-0.3, -0.25) is 4.79 Å². The molecule has 1 aliphatic carbocycles. The molecule has 1 aliphatic rings. The van der Waals surface area contributed by atoms with Crippen LogP contribution in [0.2, 0.25) is 0 Å². The van der Waals surface area contributed by atoms with Crippen LogP contribution in [0.4, 0.5) is 4.79 Å². The Morgan fingerprint density at radius 2 is 1.42 bits per heavy atom. The van der Waals surface area contributed by atoms with E-state index < -0.39 is 18.1 Å². The molecule has 7 heteroatoms. The van der Waals surface area contributed by atoms with E-state index in [-0.39, 0.29) is 31.4 Å². The van der Waals surface area contributed by atoms with Gasteiger partial charge in [-0.15, -0.1) is 0 Å². The second-order valence-corrected chi connectivity index (χ2v) is 7.77. The van der Waals surface area contributed by atoms with E-state index in [1.165, 1.54) is 0 Å². The Morgan fingerprint density at radius 3 is 2.03 bits per heavy atom. The molecule has 168 valence electrons. The van der Waals surface area contributed by atoms with Crippen LogP contribution >= 0.6 is 0 Å². The third-order valence-corrected chi connectivity index (χ3v) is 5.69. The Labute approximate surface area is 191 Å². The fourth-order valence-corrected chi connectivity index (χ4v) is 4.06. The van der Waals surface area contributed by atoms with Crippen molar-refractivity contribution in [3.63, 3.8) is 0 Å². The smallest absolute Gasteiger partial charge is 0.407 e. The van der Waals surface area contributed by atoms with E-state index in [9.17, 15) is 19.5 Å². The van der Waals surface area contributed by atoms with Crippen molar-refractivity contribution in [1.29, 1.82) is 0 Å². The van der Waals surface area contributed by atoms with E-state index in [0.717, 1.165) is 22.3 Å². The highest BCUT2D eigenvalue weighted by Crippen LogP contribution is 2.44. The van der Waals surface area contributed by atoms with E-state index >= 15 is 0 Å². The summed E-state index contributed by atoms with van der Waals surface area (Å²) in [5.41, 5.74) is 4.85. The van der Waals surface area contributed by atoms with Gasteiger partial charge in [0.15, 0.2) is 0 Å². The van der Waals surface area contributed by atoms with E-state index in [1.54, 1.807) is 30.3 Å². The largest absolute Gasteiger partial charge is 0.480 e. The summed E-state index contributed by atoms with van der Waals surface area (Å²) in [6, 6.07) is 23.4. The highest BCUT2D eigenvalue weighted by Gasteiger charge is 2.29. The van der Waals surface area contributed by atoms with Gasteiger partial charge in [-0.05, 0) is 40.8 Å². The topological polar surface area (TPSA) is 105 Å². The van der Waals surface area contributed by atoms with Gasteiger partial charge < -0.3 is 20.5 Å². The molecular weight excluding hydrogens is 420 g/mol. The summed E-state index contributed by atoms with van der Waals surface area (Å²) in [4.78, 5) is 36.1. The molecule has 0 heterocycles. The number of carboxylic acid groups (broad SMARTS) is 1. The van der Waals surface area contributed by atoms with Gasteiger partial charge in [-0.25, -0.2) is 9.59 Å². The van der Waals surface area contributed by atoms with E-state index in [0.29, 0.717) is 5.56 Å². The summed E-state index contributed by atoms with van der Waals surface area (Å²) >= 11 is 0. The number of ether oxygens (including phenoxy) is 1. The molecule has 0 aliphatic heterocycles. The number of carbonyl (C=O) groups is 3. The first-order valence-corrected chi connectivity index (χ1v) is 10.7. The summed E-state index contributed by atoms with van der Waals surface area (Å²) in [7, 11) is 0. The molecule has 33 heavy (non-hydrogen) atoms. The zero-order chi connectivity index (χ0) is 23.2. The van der Waals surface area contributed by atoms with Crippen LogP contribution in [0.15, 0.2) is 78.9 Å². The lowest BCUT2D eigenvalue weighted by Gasteiger charge is -2.17. The second-order valence-electron chi connectivity index (χ2n) is 7.77. The number of hydrogen-bond acceptors (Lipinski definition) is 4. The quantitative estimate of drug-likeness (QED) is 0.490. The highest BCUT2D eigenvalue weighted by molar-refractivity contribution is 5.94. The Kier molecular flexibility index (Phi) is 6.69. The van der Waals surface area contributed by atoms with Crippen molar-refractivity contribution in [2.45, 2.75) is 18.4 Å². The van der Waals surface area contributed by atoms with Crippen LogP contribution in [-0.2, 0) is 9.53 Å². The molecule has 3 N–H and O–H groups in total. The molecule has 2 amide bonds. The van der Waals surface area contributed by atoms with Gasteiger partial charge in [0, 0.05) is 18.0 Å². The molecule has 1 unspecified atom stereocenters. The molecule has 0 aromatic heterocycles. The van der Waals surface area contributed by atoms with Crippen molar-refractivity contribution in [1.82, 2.24) is 10.6 Å². The maximum atomic E-state index is 12.4. The number of rotatable bonds is 8. The van der Waals surface area contributed by atoms with Crippen LogP contribution in [0, 0.1) is 0 Å². The molecule has 0 fully saturated rings. The molecule has 0 saturated heterocycles. The molecule has 0 radical (unpaired) electrons. The van der Waals surface area contributed by atoms with E-state index in [4.69, 9.17) is 4.74 Å². The van der Waals surface area contributed by atoms with Crippen molar-refractivity contribution in [2.24, 2.45) is 0 Å². The molecular formula is C26H24N2O5. The fourth-order valence-electron chi connectivity index (χ4n) is 4.06. The lowest BCUT2D eigenvalue weighted by molar-refractivity contribution is -0.139. The number of hydrogen-bond donors (Lipinski definition) is 3. The number of benzene rings is 3. The zero-order valence-corrected chi connectivity index (χ0v) is 17.9. The number of amides is 2. The monoisotopic (exact) mass is 444 g/mol. The number of carbonyl (C=O) groups excluding carboxylic acids is 2. The minimum Gasteiger partial charge on any atom is -0.480 e. The summed E-state index contributed by atoms with van der Waals surface area (Å²) < 4.78 is 5.42. The van der Waals surface area contributed by atoms with Crippen LogP contribution in [0.1, 0.15) is 33.8 Å². The SMILES string of the molecule is O=C(NC(CCNC(=O)c1ccccc1)C(=O)O)OCC1c2ccccc2-c2ccccc21. The Bertz CT molecular complexity index is 1120. The summed E-state index contributed by atoms with van der Waals surface area (Å²) in [6.45, 7) is 0.186. The predicted octanol–water partition coefficient (Wildman–Crippen LogP) is 3.80. The maximum Gasteiger partial charge on any atom is 0.407 e. The Morgan fingerprint density at radius 1 is 0.848 bits per heavy atom. The van der Waals surface area contributed by atoms with Crippen molar-refractivity contribution in [3.8, 4) is 11.1 Å². The van der Waals surface area contributed by atoms with Crippen molar-refractivity contribution in [3.05, 3.63) is 95.6 Å². The van der Waals surface area contributed by atoms with Crippen molar-refractivity contribution >= 4 is 18.0 Å². The molecule has 1 atom stereocenters. The minimum absolute atomic E-state index is 0.0259. The normalized spacial score (nSPS) is 12.8. The molecule has 3 aromatic rings. The van der Waals surface area contributed by atoms with Gasteiger partial charge >= 0.3 is 12.1 Å². The average Bonchev–Trinajstić information content (AvgIpc) is 3.16. The van der Waals surface area contributed by atoms with Gasteiger partial charge in [0.25, 0.3) is 5.91 Å². The predicted molar refractivity (Wildman–Crippen MR) is 123 cm³/mol. The number of fused-ring (bicyclic) bond motifs is 3. The van der Waals surface area contributed by atoms with Gasteiger partial charge in [0.2, 0.25) is 0 Å². The van der Waals surface area contributed by atoms with Crippen molar-refractivity contribution < 1.29 is 24.2 Å². The fraction of sp³-hybridized carbons (Fsp3) is 0.192. The van der Waals surface area contributed by atoms with Crippen LogP contribution in [0.3, 0.4) is 0 Å². The van der Waals surface area contributed by atoms with Crippen LogP contribution in [0.25, 0.3) is 11.1 Å². The molecule has 0 bridgehead atoms. The molecule has 0 saturated carbocycles. The van der Waals surface area contributed by atoms with Crippen molar-refractivity contribution in [2.75, 3.05) is 13.2 Å². The third-order valence-electron chi connectivity index (χ3n) is 5.69. The summed E-state index contributed by atoms with van der Waals surface area (Å²) in [5.74, 6) is -1.62. The number of carboxylic acids is 1. The lowest BCUT2D eigenvalue weighted by atomic mass is 9.98. The minimum atomic E-state index is -1.20. The Balaban J connectivity index is 1.32. The standard InChI is InChI=1S/C26H24N2O5/c29-24(17-8-2-1-3-9-17)27-15-14-23(25(30)31)28-26(32)33-16-22-20-12-6-4-10-18(20)19-11-5-7-13-21(19)22/h1-13,22-23H,14-16H2,(H,27,29)(H,28,32)(H,30,31). The van der Waals surface area contributed by atoms with Crippen LogP contribution in [0.5, 0.6) is 0 Å². The van der Waals surface area contributed by atoms with E-state index in [2.05, 4.69) is 10.6 Å². The number of alkyl carbamates (subject to hydrolysis) is 1. The van der Waals surface area contributed by atoms with Gasteiger partial charge in [0.1, 0.15) is 12.6 Å². The van der Waals surface area contributed by atoms with Crippen LogP contribution in [-0.4, -0.2) is 42.3 Å². The molecule has 0 spiro atoms. The summed E-state index contributed by atoms with van der Waals surface area (Å²) in [5, 5.41) is 14.5. The van der Waals surface area contributed by atoms with E-state index in [1.807, 2.05) is 48.5 Å². The van der Waals surface area contributed by atoms with Crippen LogP contribution < -0.4 is 10.6 Å². The zero-order valence-electron chi connectivity index (χ0n) is 17.9. The molecule has 4 rings (SSSR count). The van der Waals surface area contributed by atoms with Gasteiger partial charge in [-0.2, -0.15) is 0 Å². The summed E-state index contributed by atoms with van der Waals surface area (Å²) in [6.07, 6.45) is -0.781. The van der Waals surface area contributed by atoms with Gasteiger partial charge in [0.05, 0.1) is 0 Å². The Hall–Kier alpha value is -4.13. The molecule has 3 aromatic carbocycles. The maximum absolute atomic E-state index is 12.4. The first-order valence-electron chi connectivity index (χ1n) is 10.7. The second kappa shape index (κ2) is 9.99. The lowest BCUT2D eigenvalue weighted by Crippen LogP contribution is -2.43. The number of aliphatic carboxylic acids is 1. The average molecular weight is 444 g/mol. The first kappa shape index (κ1) is 22.1. The first-order chi connectivity index (χ1) is 16.0. The molecule has 7 nitrogen and oxygen atoms in total. The number of nitrogens with one attached hydrogen (secondary N) is 2.